The number of halogens is 4. The predicted octanol–water partition coefficient (Wildman–Crippen LogP) is 4.64. The Morgan fingerprint density at radius 2 is 1.96 bits per heavy atom. The normalized spacial score (nSPS) is 23.0. The molecule has 0 bridgehead atoms. The summed E-state index contributed by atoms with van der Waals surface area (Å²) in [5.41, 5.74) is 0.589. The molecule has 1 aliphatic heterocycles. The van der Waals surface area contributed by atoms with Crippen molar-refractivity contribution in [2.75, 3.05) is 32.8 Å². The van der Waals surface area contributed by atoms with E-state index in [-0.39, 0.29) is 29.6 Å². The van der Waals surface area contributed by atoms with Gasteiger partial charge in [0.1, 0.15) is 5.82 Å². The maximum absolute atomic E-state index is 13.8. The fourth-order valence-corrected chi connectivity index (χ4v) is 4.18. The Bertz CT molecular complexity index is 602. The van der Waals surface area contributed by atoms with Gasteiger partial charge in [-0.2, -0.15) is 0 Å². The summed E-state index contributed by atoms with van der Waals surface area (Å²) in [6.45, 7) is 2.61. The number of nitrogens with zero attached hydrogens (tertiary/aromatic N) is 1. The molecule has 0 spiro atoms. The van der Waals surface area contributed by atoms with Crippen molar-refractivity contribution >= 4 is 35.6 Å². The highest BCUT2D eigenvalue weighted by Crippen LogP contribution is 2.32. The van der Waals surface area contributed by atoms with Gasteiger partial charge in [0.25, 0.3) is 0 Å². The molecule has 2 unspecified atom stereocenters. The highest BCUT2D eigenvalue weighted by atomic mass is 35.5. The molecule has 0 radical (unpaired) electrons. The number of aliphatic hydroxyl groups is 1. The number of rotatable bonds is 6. The Morgan fingerprint density at radius 1 is 1.22 bits per heavy atom. The summed E-state index contributed by atoms with van der Waals surface area (Å²) in [4.78, 5) is 2.10. The quantitative estimate of drug-likeness (QED) is 0.652. The molecule has 154 valence electrons. The second-order valence-corrected chi connectivity index (χ2v) is 7.97. The third kappa shape index (κ3) is 6.70. The molecule has 2 fully saturated rings. The van der Waals surface area contributed by atoms with Crippen LogP contribution in [-0.2, 0) is 9.47 Å². The lowest BCUT2D eigenvalue weighted by Gasteiger charge is -2.35. The Morgan fingerprint density at radius 3 is 2.70 bits per heavy atom. The second-order valence-electron chi connectivity index (χ2n) is 7.15. The molecule has 27 heavy (non-hydrogen) atoms. The van der Waals surface area contributed by atoms with Crippen LogP contribution in [0.1, 0.15) is 43.8 Å². The van der Waals surface area contributed by atoms with Gasteiger partial charge in [0, 0.05) is 30.2 Å². The number of ether oxygens (including phenoxy) is 2. The van der Waals surface area contributed by atoms with Crippen LogP contribution in [0.5, 0.6) is 0 Å². The number of morpholine rings is 1. The molecule has 1 saturated carbocycles. The lowest BCUT2D eigenvalue weighted by atomic mass is 9.98. The average molecular weight is 443 g/mol. The minimum absolute atomic E-state index is 0. The van der Waals surface area contributed by atoms with Gasteiger partial charge >= 0.3 is 0 Å². The summed E-state index contributed by atoms with van der Waals surface area (Å²) < 4.78 is 25.4. The second kappa shape index (κ2) is 11.1. The first-order valence-electron chi connectivity index (χ1n) is 9.31. The zero-order valence-corrected chi connectivity index (χ0v) is 17.5. The fourth-order valence-electron chi connectivity index (χ4n) is 3.67. The highest BCUT2D eigenvalue weighted by Gasteiger charge is 2.26. The molecule has 2 atom stereocenters. The van der Waals surface area contributed by atoms with Crippen LogP contribution in [0.3, 0.4) is 0 Å². The summed E-state index contributed by atoms with van der Waals surface area (Å²) in [5, 5.41) is 10.7. The van der Waals surface area contributed by atoms with E-state index in [1.165, 1.54) is 31.4 Å². The predicted molar refractivity (Wildman–Crippen MR) is 108 cm³/mol. The molecule has 1 saturated heterocycles. The minimum atomic E-state index is -0.548. The fraction of sp³-hybridized carbons (Fsp3) is 0.684. The molecule has 1 aromatic rings. The van der Waals surface area contributed by atoms with E-state index in [0.717, 1.165) is 12.8 Å². The van der Waals surface area contributed by atoms with Gasteiger partial charge in [0.15, 0.2) is 0 Å². The molecule has 4 nitrogen and oxygen atoms in total. The van der Waals surface area contributed by atoms with E-state index in [0.29, 0.717) is 43.4 Å². The SMILES string of the molecule is Cl.OC(COC1CCCCC1)CN1CCOC(c2cc(F)c(Cl)cc2Cl)C1. The van der Waals surface area contributed by atoms with Crippen LogP contribution in [0, 0.1) is 5.82 Å². The molecular weight excluding hydrogens is 416 g/mol. The number of hydrogen-bond donors (Lipinski definition) is 1. The Hall–Kier alpha value is -0.140. The van der Waals surface area contributed by atoms with Crippen LogP contribution in [-0.4, -0.2) is 55.1 Å². The van der Waals surface area contributed by atoms with Crippen molar-refractivity contribution in [1.29, 1.82) is 0 Å². The van der Waals surface area contributed by atoms with Crippen LogP contribution < -0.4 is 0 Å². The van der Waals surface area contributed by atoms with E-state index in [1.807, 2.05) is 0 Å². The number of β-amino-alcohol motifs (C(OH)–C–C–N with tert-alkyl or cyclic N) is 1. The van der Waals surface area contributed by atoms with Crippen LogP contribution >= 0.6 is 35.6 Å². The van der Waals surface area contributed by atoms with Gasteiger partial charge < -0.3 is 14.6 Å². The average Bonchev–Trinajstić information content (AvgIpc) is 2.64. The first-order chi connectivity index (χ1) is 12.5. The zero-order chi connectivity index (χ0) is 18.5. The van der Waals surface area contributed by atoms with E-state index >= 15 is 0 Å². The van der Waals surface area contributed by atoms with Crippen LogP contribution in [0.2, 0.25) is 10.0 Å². The van der Waals surface area contributed by atoms with Crippen LogP contribution in [0.4, 0.5) is 4.39 Å². The molecule has 0 amide bonds. The topological polar surface area (TPSA) is 41.9 Å². The van der Waals surface area contributed by atoms with Crippen molar-refractivity contribution in [3.8, 4) is 0 Å². The summed E-state index contributed by atoms with van der Waals surface area (Å²) in [6.07, 6.45) is 5.29. The lowest BCUT2D eigenvalue weighted by Crippen LogP contribution is -2.43. The van der Waals surface area contributed by atoms with Crippen molar-refractivity contribution < 1.29 is 19.0 Å². The highest BCUT2D eigenvalue weighted by molar-refractivity contribution is 6.35. The summed E-state index contributed by atoms with van der Waals surface area (Å²) in [7, 11) is 0. The Kier molecular flexibility index (Phi) is 9.56. The van der Waals surface area contributed by atoms with E-state index in [2.05, 4.69) is 4.90 Å². The van der Waals surface area contributed by atoms with Gasteiger partial charge in [0.2, 0.25) is 0 Å². The van der Waals surface area contributed by atoms with E-state index in [4.69, 9.17) is 32.7 Å². The molecular formula is C19H27Cl3FNO3. The lowest BCUT2D eigenvalue weighted by molar-refractivity contribution is -0.0645. The van der Waals surface area contributed by atoms with Crippen molar-refractivity contribution in [2.24, 2.45) is 0 Å². The van der Waals surface area contributed by atoms with E-state index in [9.17, 15) is 9.50 Å². The van der Waals surface area contributed by atoms with Crippen LogP contribution in [0.25, 0.3) is 0 Å². The summed E-state index contributed by atoms with van der Waals surface area (Å²) in [5.74, 6) is -0.507. The molecule has 2 aliphatic rings. The third-order valence-electron chi connectivity index (χ3n) is 5.08. The molecule has 0 aromatic heterocycles. The van der Waals surface area contributed by atoms with E-state index in [1.54, 1.807) is 0 Å². The number of hydrogen-bond acceptors (Lipinski definition) is 4. The van der Waals surface area contributed by atoms with E-state index < -0.39 is 11.9 Å². The maximum Gasteiger partial charge on any atom is 0.142 e. The molecule has 3 rings (SSSR count). The van der Waals surface area contributed by atoms with Crippen molar-refractivity contribution in [3.63, 3.8) is 0 Å². The summed E-state index contributed by atoms with van der Waals surface area (Å²) in [6, 6.07) is 2.74. The third-order valence-corrected chi connectivity index (χ3v) is 5.70. The molecule has 1 N–H and O–H groups in total. The van der Waals surface area contributed by atoms with Gasteiger partial charge in [-0.3, -0.25) is 4.90 Å². The Balaban J connectivity index is 0.00000261. The van der Waals surface area contributed by atoms with Gasteiger partial charge in [0.05, 0.1) is 36.5 Å². The minimum Gasteiger partial charge on any atom is -0.389 e. The van der Waals surface area contributed by atoms with Gasteiger partial charge in [-0.25, -0.2) is 4.39 Å². The number of benzene rings is 1. The Labute approximate surface area is 176 Å². The molecule has 1 aliphatic carbocycles. The molecule has 1 heterocycles. The molecule has 8 heteroatoms. The van der Waals surface area contributed by atoms with Gasteiger partial charge in [-0.1, -0.05) is 42.5 Å². The smallest absolute Gasteiger partial charge is 0.142 e. The zero-order valence-electron chi connectivity index (χ0n) is 15.2. The van der Waals surface area contributed by atoms with Crippen molar-refractivity contribution in [3.05, 3.63) is 33.6 Å². The largest absolute Gasteiger partial charge is 0.389 e. The van der Waals surface area contributed by atoms with Gasteiger partial charge in [-0.15, -0.1) is 12.4 Å². The monoisotopic (exact) mass is 441 g/mol. The summed E-state index contributed by atoms with van der Waals surface area (Å²) >= 11 is 12.0. The van der Waals surface area contributed by atoms with Crippen molar-refractivity contribution in [1.82, 2.24) is 4.90 Å². The maximum atomic E-state index is 13.8. The first kappa shape index (κ1) is 23.1. The van der Waals surface area contributed by atoms with Gasteiger partial charge in [-0.05, 0) is 25.0 Å². The number of aliphatic hydroxyl groups excluding tert-OH is 1. The first-order valence-corrected chi connectivity index (χ1v) is 10.1. The van der Waals surface area contributed by atoms with Crippen molar-refractivity contribution in [2.45, 2.75) is 50.4 Å². The van der Waals surface area contributed by atoms with Crippen LogP contribution in [0.15, 0.2) is 12.1 Å². The molecule has 1 aromatic carbocycles. The standard InChI is InChI=1S/C19H26Cl2FNO3.ClH/c20-16-9-17(21)18(22)8-15(16)19-11-23(6-7-25-19)10-13(24)12-26-14-4-2-1-3-5-14;/h8-9,13-14,19,24H,1-7,10-12H2;1H.